The molecule has 0 bridgehead atoms. The number of fused-ring (bicyclic) bond motifs is 4. The largest absolute Gasteiger partial charge is 0.497 e. The maximum atomic E-state index is 6.09. The Bertz CT molecular complexity index is 1800. The van der Waals surface area contributed by atoms with Crippen molar-refractivity contribution in [2.24, 2.45) is 7.05 Å². The van der Waals surface area contributed by atoms with Gasteiger partial charge in [-0.2, -0.15) is 5.10 Å². The molecular weight excluding hydrogens is 496 g/mol. The monoisotopic (exact) mass is 520 g/mol. The maximum absolute atomic E-state index is 6.09. The summed E-state index contributed by atoms with van der Waals surface area (Å²) in [6.07, 6.45) is 5.46. The Morgan fingerprint density at radius 2 is 1.79 bits per heavy atom. The molecule has 0 fully saturated rings. The van der Waals surface area contributed by atoms with Gasteiger partial charge in [-0.05, 0) is 36.8 Å². The lowest BCUT2D eigenvalue weighted by Crippen LogP contribution is -2.14. The average Bonchev–Trinajstić information content (AvgIpc) is 3.69. The van der Waals surface area contributed by atoms with Crippen molar-refractivity contribution in [3.05, 3.63) is 95.2 Å². The molecule has 4 aromatic heterocycles. The Morgan fingerprint density at radius 1 is 1.00 bits per heavy atom. The highest BCUT2D eigenvalue weighted by atomic mass is 16.5. The van der Waals surface area contributed by atoms with Crippen LogP contribution in [0.5, 0.6) is 23.3 Å². The molecule has 194 valence electrons. The number of aryl methyl sites for hydroxylation is 2. The number of benzene rings is 2. The van der Waals surface area contributed by atoms with E-state index >= 15 is 0 Å². The number of H-pyrrole nitrogens is 1. The molecule has 0 amide bonds. The average molecular weight is 521 g/mol. The molecule has 0 spiro atoms. The molecule has 11 heteroatoms. The molecule has 39 heavy (non-hydrogen) atoms. The summed E-state index contributed by atoms with van der Waals surface area (Å²) in [7, 11) is 3.54. The molecule has 0 unspecified atom stereocenters. The van der Waals surface area contributed by atoms with Crippen molar-refractivity contribution < 1.29 is 14.2 Å². The molecule has 2 aromatic carbocycles. The van der Waals surface area contributed by atoms with Gasteiger partial charge in [-0.25, -0.2) is 14.5 Å². The first kappa shape index (κ1) is 23.0. The minimum Gasteiger partial charge on any atom is -0.497 e. The van der Waals surface area contributed by atoms with Crippen molar-refractivity contribution in [3.63, 3.8) is 0 Å². The van der Waals surface area contributed by atoms with Crippen LogP contribution < -0.4 is 14.2 Å². The molecule has 0 aliphatic carbocycles. The molecule has 5 heterocycles. The Labute approximate surface area is 223 Å². The molecule has 6 aromatic rings. The lowest BCUT2D eigenvalue weighted by Gasteiger charge is -2.24. The fourth-order valence-electron chi connectivity index (χ4n) is 4.90. The minimum absolute atomic E-state index is 0.207. The van der Waals surface area contributed by atoms with Crippen LogP contribution in [-0.4, -0.2) is 46.7 Å². The van der Waals surface area contributed by atoms with Crippen molar-refractivity contribution in [2.45, 2.75) is 19.4 Å². The lowest BCUT2D eigenvalue weighted by molar-refractivity contribution is 0.305. The van der Waals surface area contributed by atoms with E-state index in [0.29, 0.717) is 29.8 Å². The van der Waals surface area contributed by atoms with E-state index in [1.165, 1.54) is 0 Å². The van der Waals surface area contributed by atoms with Gasteiger partial charge < -0.3 is 14.2 Å². The third kappa shape index (κ3) is 3.95. The van der Waals surface area contributed by atoms with E-state index in [2.05, 4.69) is 20.3 Å². The number of methoxy groups -OCH3 is 1. The third-order valence-corrected chi connectivity index (χ3v) is 6.85. The molecule has 1 aliphatic heterocycles. The predicted molar refractivity (Wildman–Crippen MR) is 141 cm³/mol. The molecule has 0 saturated carbocycles. The van der Waals surface area contributed by atoms with Crippen LogP contribution >= 0.6 is 0 Å². The van der Waals surface area contributed by atoms with Gasteiger partial charge in [-0.15, -0.1) is 10.2 Å². The van der Waals surface area contributed by atoms with Gasteiger partial charge in [-0.1, -0.05) is 24.3 Å². The normalized spacial score (nSPS) is 14.1. The third-order valence-electron chi connectivity index (χ3n) is 6.85. The van der Waals surface area contributed by atoms with Gasteiger partial charge in [-0.3, -0.25) is 9.78 Å². The number of hydrogen-bond donors (Lipinski definition) is 1. The second-order valence-electron chi connectivity index (χ2n) is 9.38. The molecule has 7 rings (SSSR count). The van der Waals surface area contributed by atoms with Gasteiger partial charge in [0.25, 0.3) is 0 Å². The number of nitrogens with zero attached hydrogens (tertiary/aromatic N) is 7. The first-order valence-corrected chi connectivity index (χ1v) is 12.4. The zero-order chi connectivity index (χ0) is 26.5. The van der Waals surface area contributed by atoms with E-state index in [-0.39, 0.29) is 5.92 Å². The van der Waals surface area contributed by atoms with Gasteiger partial charge in [0, 0.05) is 35.6 Å². The second kappa shape index (κ2) is 8.98. The second-order valence-corrected chi connectivity index (χ2v) is 9.38. The highest BCUT2D eigenvalue weighted by molar-refractivity contribution is 5.68. The van der Waals surface area contributed by atoms with Crippen molar-refractivity contribution in [1.29, 1.82) is 0 Å². The quantitative estimate of drug-likeness (QED) is 0.342. The van der Waals surface area contributed by atoms with Crippen LogP contribution in [0.1, 0.15) is 33.9 Å². The molecule has 1 N–H and O–H groups in total. The summed E-state index contributed by atoms with van der Waals surface area (Å²) in [5.41, 5.74) is 6.26. The first-order chi connectivity index (χ1) is 19.1. The summed E-state index contributed by atoms with van der Waals surface area (Å²) in [6, 6.07) is 15.5. The highest BCUT2D eigenvalue weighted by Gasteiger charge is 2.37. The standard InChI is InChI=1S/C28H24N8O3/c1-16-22-23(19-12-30-35(2)13-19)24-26-31-25(34-36(26)15-29-27(24)39-28(22)33-32-16)18-6-4-17(5-7-18)14-38-21-10-8-20(37-3)9-11-21/h4-13,15,23H,14H2,1-3H3,(H,32,33)/t23-/m1/s1. The SMILES string of the molecule is COc1ccc(OCc2ccc(-c3nc4c5c(ncn4n3)Oc3n[nH]c(C)c3[C@H]5c3cnn(C)c3)cc2)cc1. The van der Waals surface area contributed by atoms with E-state index < -0.39 is 0 Å². The zero-order valence-corrected chi connectivity index (χ0v) is 21.5. The maximum Gasteiger partial charge on any atom is 0.244 e. The van der Waals surface area contributed by atoms with E-state index in [0.717, 1.165) is 45.0 Å². The summed E-state index contributed by atoms with van der Waals surface area (Å²) in [6.45, 7) is 2.42. The van der Waals surface area contributed by atoms with Crippen molar-refractivity contribution in [2.75, 3.05) is 7.11 Å². The number of nitrogens with one attached hydrogen (secondary N) is 1. The first-order valence-electron chi connectivity index (χ1n) is 12.4. The molecule has 1 atom stereocenters. The van der Waals surface area contributed by atoms with Crippen LogP contribution in [0, 0.1) is 6.92 Å². The summed E-state index contributed by atoms with van der Waals surface area (Å²) in [5, 5.41) is 16.5. The molecule has 0 saturated heterocycles. The fraction of sp³-hybridized carbons (Fsp3) is 0.179. The molecule has 0 radical (unpaired) electrons. The van der Waals surface area contributed by atoms with Crippen LogP contribution in [0.15, 0.2) is 67.3 Å². The minimum atomic E-state index is -0.207. The van der Waals surface area contributed by atoms with Gasteiger partial charge >= 0.3 is 0 Å². The summed E-state index contributed by atoms with van der Waals surface area (Å²) in [4.78, 5) is 9.49. The summed E-state index contributed by atoms with van der Waals surface area (Å²) in [5.74, 6) is 2.93. The molecule has 11 nitrogen and oxygen atoms in total. The van der Waals surface area contributed by atoms with Crippen LogP contribution in [0.25, 0.3) is 17.0 Å². The molecular formula is C28H24N8O3. The number of aromatic nitrogens is 8. The topological polar surface area (TPSA) is 117 Å². The highest BCUT2D eigenvalue weighted by Crippen LogP contribution is 2.48. The van der Waals surface area contributed by atoms with Crippen LogP contribution in [-0.2, 0) is 13.7 Å². The van der Waals surface area contributed by atoms with Crippen molar-refractivity contribution in [3.8, 4) is 34.6 Å². The smallest absolute Gasteiger partial charge is 0.244 e. The lowest BCUT2D eigenvalue weighted by atomic mass is 9.86. The zero-order valence-electron chi connectivity index (χ0n) is 21.5. The van der Waals surface area contributed by atoms with Crippen LogP contribution in [0.4, 0.5) is 0 Å². The van der Waals surface area contributed by atoms with Gasteiger partial charge in [0.15, 0.2) is 11.5 Å². The summed E-state index contributed by atoms with van der Waals surface area (Å²) < 4.78 is 20.7. The summed E-state index contributed by atoms with van der Waals surface area (Å²) >= 11 is 0. The number of hydrogen-bond acceptors (Lipinski definition) is 8. The van der Waals surface area contributed by atoms with Crippen LogP contribution in [0.3, 0.4) is 0 Å². The van der Waals surface area contributed by atoms with E-state index in [9.17, 15) is 0 Å². The van der Waals surface area contributed by atoms with Gasteiger partial charge in [0.2, 0.25) is 11.8 Å². The predicted octanol–water partition coefficient (Wildman–Crippen LogP) is 4.43. The van der Waals surface area contributed by atoms with Gasteiger partial charge in [0.1, 0.15) is 24.4 Å². The molecule has 1 aliphatic rings. The van der Waals surface area contributed by atoms with Gasteiger partial charge in [0.05, 0.1) is 24.8 Å². The Balaban J connectivity index is 1.21. The van der Waals surface area contributed by atoms with E-state index in [1.54, 1.807) is 22.6 Å². The van der Waals surface area contributed by atoms with E-state index in [4.69, 9.17) is 24.3 Å². The number of aromatic amines is 1. The Kier molecular flexibility index (Phi) is 5.29. The Morgan fingerprint density at radius 3 is 2.54 bits per heavy atom. The van der Waals surface area contributed by atoms with Crippen molar-refractivity contribution >= 4 is 5.65 Å². The fourth-order valence-corrected chi connectivity index (χ4v) is 4.90. The van der Waals surface area contributed by atoms with E-state index in [1.807, 2.05) is 74.9 Å². The van der Waals surface area contributed by atoms with Crippen LogP contribution in [0.2, 0.25) is 0 Å². The number of rotatable bonds is 6. The number of ether oxygens (including phenoxy) is 3. The van der Waals surface area contributed by atoms with Crippen molar-refractivity contribution in [1.82, 2.24) is 39.6 Å². The Hall–Kier alpha value is -5.19.